The second kappa shape index (κ2) is 16.6. The molecule has 1 aliphatic rings. The maximum absolute atomic E-state index is 12.1. The predicted octanol–water partition coefficient (Wildman–Crippen LogP) is 8.82. The van der Waals surface area contributed by atoms with Gasteiger partial charge in [0.1, 0.15) is 12.1 Å². The van der Waals surface area contributed by atoms with Crippen LogP contribution in [0.1, 0.15) is 48.8 Å². The van der Waals surface area contributed by atoms with Gasteiger partial charge in [0, 0.05) is 32.0 Å². The summed E-state index contributed by atoms with van der Waals surface area (Å²) in [6, 6.07) is 34.6. The Labute approximate surface area is 310 Å². The highest BCUT2D eigenvalue weighted by Gasteiger charge is 2.24. The summed E-state index contributed by atoms with van der Waals surface area (Å²) in [5, 5.41) is 6.36. The van der Waals surface area contributed by atoms with E-state index in [4.69, 9.17) is 24.4 Å². The van der Waals surface area contributed by atoms with Gasteiger partial charge in [0.15, 0.2) is 17.0 Å². The van der Waals surface area contributed by atoms with Gasteiger partial charge in [-0.25, -0.2) is 4.98 Å². The van der Waals surface area contributed by atoms with Crippen molar-refractivity contribution in [1.82, 2.24) is 19.5 Å². The highest BCUT2D eigenvalue weighted by molar-refractivity contribution is 5.99. The van der Waals surface area contributed by atoms with E-state index in [1.807, 2.05) is 65.2 Å². The lowest BCUT2D eigenvalue weighted by molar-refractivity contribution is -0.111. The summed E-state index contributed by atoms with van der Waals surface area (Å²) in [7, 11) is 1.69. The minimum Gasteiger partial charge on any atom is -0.495 e. The van der Waals surface area contributed by atoms with Crippen LogP contribution in [0.25, 0.3) is 16.9 Å². The van der Waals surface area contributed by atoms with E-state index in [-0.39, 0.29) is 5.91 Å². The van der Waals surface area contributed by atoms with Gasteiger partial charge in [-0.15, -0.1) is 0 Å². The molecule has 1 aliphatic heterocycles. The Hall–Kier alpha value is -6.00. The lowest BCUT2D eigenvalue weighted by Gasteiger charge is -2.25. The second-order valence-electron chi connectivity index (χ2n) is 13.4. The molecule has 10 heteroatoms. The van der Waals surface area contributed by atoms with Crippen LogP contribution in [-0.2, 0) is 22.6 Å². The van der Waals surface area contributed by atoms with Crippen LogP contribution in [0.5, 0.6) is 5.75 Å². The SMILES string of the molecule is C=CC(=O)Nc1cccc(-n2cnc3c(N(Cc4ccccc4)Cc4ccccc4)nc(Nc4ccc(C(C)C5CCCOCC5)cc4OC)nc32)c1. The Morgan fingerprint density at radius 1 is 0.962 bits per heavy atom. The number of nitrogens with zero attached hydrogens (tertiary/aromatic N) is 5. The third kappa shape index (κ3) is 8.39. The molecule has 1 amide bonds. The van der Waals surface area contributed by atoms with Crippen molar-refractivity contribution in [3.05, 3.63) is 139 Å². The van der Waals surface area contributed by atoms with E-state index >= 15 is 0 Å². The summed E-state index contributed by atoms with van der Waals surface area (Å²) in [4.78, 5) is 29.5. The molecule has 7 rings (SSSR count). The maximum atomic E-state index is 12.1. The fourth-order valence-corrected chi connectivity index (χ4v) is 7.01. The number of nitrogens with one attached hydrogen (secondary N) is 2. The van der Waals surface area contributed by atoms with Crippen LogP contribution >= 0.6 is 0 Å². The molecule has 2 atom stereocenters. The molecule has 10 nitrogen and oxygen atoms in total. The molecule has 0 bridgehead atoms. The van der Waals surface area contributed by atoms with E-state index < -0.39 is 0 Å². The number of anilines is 4. The van der Waals surface area contributed by atoms with Crippen molar-refractivity contribution in [3.63, 3.8) is 0 Å². The van der Waals surface area contributed by atoms with E-state index in [0.717, 1.165) is 55.0 Å². The Balaban J connectivity index is 1.32. The van der Waals surface area contributed by atoms with Crippen molar-refractivity contribution in [2.75, 3.05) is 35.9 Å². The maximum Gasteiger partial charge on any atom is 0.247 e. The fraction of sp³-hybridized carbons (Fsp3) is 0.256. The first-order valence-corrected chi connectivity index (χ1v) is 18.1. The van der Waals surface area contributed by atoms with Gasteiger partial charge >= 0.3 is 0 Å². The molecule has 3 heterocycles. The molecule has 1 fully saturated rings. The number of carbonyl (C=O) groups excluding carboxylic acids is 1. The zero-order valence-corrected chi connectivity index (χ0v) is 30.2. The Bertz CT molecular complexity index is 2120. The van der Waals surface area contributed by atoms with Crippen LogP contribution in [0.4, 0.5) is 23.1 Å². The smallest absolute Gasteiger partial charge is 0.247 e. The van der Waals surface area contributed by atoms with Crippen molar-refractivity contribution < 1.29 is 14.3 Å². The van der Waals surface area contributed by atoms with Gasteiger partial charge in [-0.2, -0.15) is 9.97 Å². The number of hydrogen-bond acceptors (Lipinski definition) is 8. The zero-order valence-electron chi connectivity index (χ0n) is 30.2. The standard InChI is InChI=1S/C43H45N7O3/c1-4-39(51)45-35-18-11-19-36(26-35)50-29-44-40-41(49(27-31-13-7-5-8-14-31)28-32-15-9-6-10-16-32)47-43(48-42(40)50)46-37-21-20-34(25-38(37)52-3)30(2)33-17-12-23-53-24-22-33/h4-11,13-16,18-21,25-26,29-30,33H,1,12,17,22-24,27-28H2,2-3H3,(H,45,51)(H,46,47,48). The summed E-state index contributed by atoms with van der Waals surface area (Å²) in [6.45, 7) is 8.72. The van der Waals surface area contributed by atoms with Crippen molar-refractivity contribution in [3.8, 4) is 11.4 Å². The van der Waals surface area contributed by atoms with Gasteiger partial charge < -0.3 is 25.0 Å². The average molecular weight is 708 g/mol. The molecule has 2 N–H and O–H groups in total. The average Bonchev–Trinajstić information content (AvgIpc) is 3.43. The van der Waals surface area contributed by atoms with Crippen LogP contribution < -0.4 is 20.3 Å². The van der Waals surface area contributed by atoms with Crippen molar-refractivity contribution in [1.29, 1.82) is 0 Å². The number of fused-ring (bicyclic) bond motifs is 1. The number of aromatic nitrogens is 4. The lowest BCUT2D eigenvalue weighted by Crippen LogP contribution is -2.24. The van der Waals surface area contributed by atoms with Crippen LogP contribution in [0, 0.1) is 5.92 Å². The molecule has 2 aromatic heterocycles. The Morgan fingerprint density at radius 3 is 2.43 bits per heavy atom. The molecule has 0 radical (unpaired) electrons. The number of benzene rings is 4. The third-order valence-corrected chi connectivity index (χ3v) is 9.89. The van der Waals surface area contributed by atoms with Gasteiger partial charge in [-0.1, -0.05) is 86.3 Å². The van der Waals surface area contributed by atoms with Crippen LogP contribution in [0.2, 0.25) is 0 Å². The molecule has 2 unspecified atom stereocenters. The topological polar surface area (TPSA) is 106 Å². The zero-order chi connectivity index (χ0) is 36.6. The summed E-state index contributed by atoms with van der Waals surface area (Å²) < 4.78 is 13.6. The monoisotopic (exact) mass is 707 g/mol. The largest absolute Gasteiger partial charge is 0.495 e. The van der Waals surface area contributed by atoms with Crippen LogP contribution in [0.15, 0.2) is 122 Å². The molecule has 270 valence electrons. The van der Waals surface area contributed by atoms with Crippen molar-refractivity contribution >= 4 is 40.2 Å². The molecule has 53 heavy (non-hydrogen) atoms. The lowest BCUT2D eigenvalue weighted by atomic mass is 9.83. The highest BCUT2D eigenvalue weighted by atomic mass is 16.5. The molecule has 1 saturated heterocycles. The van der Waals surface area contributed by atoms with Gasteiger partial charge in [0.2, 0.25) is 11.9 Å². The van der Waals surface area contributed by atoms with Gasteiger partial charge in [-0.05, 0) is 84.2 Å². The molecular formula is C43H45N7O3. The molecule has 0 aliphatic carbocycles. The summed E-state index contributed by atoms with van der Waals surface area (Å²) in [5.74, 6) is 2.43. The van der Waals surface area contributed by atoms with Crippen LogP contribution in [0.3, 0.4) is 0 Å². The molecule has 0 saturated carbocycles. The molecule has 4 aromatic carbocycles. The van der Waals surface area contributed by atoms with Gasteiger partial charge in [-0.3, -0.25) is 9.36 Å². The minimum absolute atomic E-state index is 0.288. The van der Waals surface area contributed by atoms with E-state index in [9.17, 15) is 4.79 Å². The number of rotatable bonds is 13. The Kier molecular flexibility index (Phi) is 11.1. The third-order valence-electron chi connectivity index (χ3n) is 9.89. The normalized spacial score (nSPS) is 14.9. The predicted molar refractivity (Wildman–Crippen MR) is 211 cm³/mol. The second-order valence-corrected chi connectivity index (χ2v) is 13.4. The number of amides is 1. The van der Waals surface area contributed by atoms with Crippen LogP contribution in [-0.4, -0.2) is 45.7 Å². The highest BCUT2D eigenvalue weighted by Crippen LogP contribution is 2.37. The van der Waals surface area contributed by atoms with Crippen molar-refractivity contribution in [2.45, 2.75) is 45.2 Å². The molecular weight excluding hydrogens is 663 g/mol. The fourth-order valence-electron chi connectivity index (χ4n) is 7.01. The van der Waals surface area contributed by atoms with E-state index in [2.05, 4.69) is 71.5 Å². The van der Waals surface area contributed by atoms with Gasteiger partial charge in [0.25, 0.3) is 0 Å². The first kappa shape index (κ1) is 35.4. The molecule has 6 aromatic rings. The van der Waals surface area contributed by atoms with E-state index in [1.165, 1.54) is 11.6 Å². The first-order chi connectivity index (χ1) is 26.0. The number of imidazole rings is 1. The number of carbonyl (C=O) groups is 1. The number of hydrogen-bond donors (Lipinski definition) is 2. The number of ether oxygens (including phenoxy) is 2. The summed E-state index contributed by atoms with van der Waals surface area (Å²) in [5.41, 5.74) is 6.94. The number of methoxy groups -OCH3 is 1. The minimum atomic E-state index is -0.288. The first-order valence-electron chi connectivity index (χ1n) is 18.1. The quantitative estimate of drug-likeness (QED) is 0.115. The summed E-state index contributed by atoms with van der Waals surface area (Å²) in [6.07, 6.45) is 6.29. The van der Waals surface area contributed by atoms with Crippen molar-refractivity contribution in [2.24, 2.45) is 5.92 Å². The van der Waals surface area contributed by atoms with E-state index in [0.29, 0.717) is 59.3 Å². The van der Waals surface area contributed by atoms with E-state index in [1.54, 1.807) is 13.4 Å². The Morgan fingerprint density at radius 2 is 1.72 bits per heavy atom. The molecule has 0 spiro atoms. The van der Waals surface area contributed by atoms with Gasteiger partial charge in [0.05, 0.1) is 18.5 Å². The summed E-state index contributed by atoms with van der Waals surface area (Å²) >= 11 is 0.